The zero-order chi connectivity index (χ0) is 35.4. The van der Waals surface area contributed by atoms with Gasteiger partial charge in [0, 0.05) is 36.5 Å². The molecule has 8 heteroatoms. The molecule has 1 unspecified atom stereocenters. The number of alkyl carbamates (subject to hydrolysis) is 1. The molecule has 3 N–H and O–H groups in total. The normalized spacial score (nSPS) is 42.9. The molecule has 0 radical (unpaired) electrons. The fraction of sp³-hybridized carbons (Fsp3) is 0.690. The van der Waals surface area contributed by atoms with Crippen LogP contribution < -0.4 is 5.32 Å². The van der Waals surface area contributed by atoms with E-state index in [0.29, 0.717) is 30.7 Å². The maximum absolute atomic E-state index is 14.0. The summed E-state index contributed by atoms with van der Waals surface area (Å²) in [5.74, 6) is 1.92. The number of likely N-dealkylation sites (tertiary alicyclic amines) is 1. The number of ketones is 2. The lowest BCUT2D eigenvalue weighted by Gasteiger charge is -2.60. The maximum Gasteiger partial charge on any atom is 0.408 e. The van der Waals surface area contributed by atoms with Crippen molar-refractivity contribution in [1.29, 1.82) is 0 Å². The molecule has 8 aliphatic rings. The standard InChI is InChI=1S/C42H56N2O6/c1-38(2,3)50-37(49)43-41-17-27(28(18-41)19-41)14-25-6-8-26(9-7-25)21-44-22-30-16-33-32-11-10-29-15-31(46)12-13-39(29,4)36(32)34(47)20-40(33,5)42(30,24-44)35(48)23-45/h6-9,12-13,15,27-28,30,32-34,36,45,47H,10-11,14,16-24H2,1-5H3,(H,43,49)/t27?,28?,30-,32-,33-,34-,36+,39-,40-,41?,42+/m0/s1. The summed E-state index contributed by atoms with van der Waals surface area (Å²) in [5.41, 5.74) is 1.66. The summed E-state index contributed by atoms with van der Waals surface area (Å²) < 4.78 is 5.53. The van der Waals surface area contributed by atoms with E-state index in [2.05, 4.69) is 48.3 Å². The number of hydrogen-bond acceptors (Lipinski definition) is 7. The van der Waals surface area contributed by atoms with Crippen LogP contribution in [-0.2, 0) is 27.3 Å². The van der Waals surface area contributed by atoms with E-state index in [0.717, 1.165) is 63.6 Å². The number of allylic oxidation sites excluding steroid dienone is 4. The van der Waals surface area contributed by atoms with Crippen molar-refractivity contribution in [2.24, 2.45) is 51.8 Å². The van der Waals surface area contributed by atoms with E-state index in [1.54, 1.807) is 12.2 Å². The molecule has 1 saturated heterocycles. The number of hydrogen-bond donors (Lipinski definition) is 3. The largest absolute Gasteiger partial charge is 0.444 e. The van der Waals surface area contributed by atoms with Gasteiger partial charge >= 0.3 is 6.09 Å². The molecule has 9 rings (SSSR count). The van der Waals surface area contributed by atoms with Gasteiger partial charge in [-0.15, -0.1) is 0 Å². The number of benzene rings is 1. The molecule has 50 heavy (non-hydrogen) atoms. The van der Waals surface area contributed by atoms with Crippen LogP contribution in [-0.4, -0.2) is 69.7 Å². The number of amides is 1. The second-order valence-corrected chi connectivity index (χ2v) is 18.9. The SMILES string of the molecule is CC(C)(C)OC(=O)NC12CC(Cc3ccc(CN4C[C@@H]5C[C@H]6[C@@H]7CCC8=CC(=O)C=C[C@]8(C)[C@H]7[C@@H](O)C[C@]6(C)[C@]5(C(=O)CO)C4)cc3)C(C1)C2. The number of carbonyl (C=O) groups excluding carboxylic acids is 3. The summed E-state index contributed by atoms with van der Waals surface area (Å²) in [6.07, 6.45) is 12.0. The first kappa shape index (κ1) is 34.3. The highest BCUT2D eigenvalue weighted by Crippen LogP contribution is 2.72. The number of aliphatic hydroxyl groups excluding tert-OH is 2. The van der Waals surface area contributed by atoms with Gasteiger partial charge in [-0.05, 0) is 130 Å². The molecule has 6 saturated carbocycles. The molecule has 7 aliphatic carbocycles. The van der Waals surface area contributed by atoms with Crippen LogP contribution in [0.4, 0.5) is 4.79 Å². The Bertz CT molecular complexity index is 1640. The summed E-state index contributed by atoms with van der Waals surface area (Å²) in [4.78, 5) is 41.1. The Kier molecular flexibility index (Phi) is 7.95. The van der Waals surface area contributed by atoms with Crippen molar-refractivity contribution in [3.8, 4) is 0 Å². The van der Waals surface area contributed by atoms with E-state index in [9.17, 15) is 24.6 Å². The van der Waals surface area contributed by atoms with Gasteiger partial charge in [0.15, 0.2) is 11.6 Å². The van der Waals surface area contributed by atoms with Gasteiger partial charge in [-0.3, -0.25) is 14.5 Å². The third-order valence-corrected chi connectivity index (χ3v) is 15.1. The number of fused-ring (bicyclic) bond motifs is 8. The van der Waals surface area contributed by atoms with E-state index in [1.165, 1.54) is 11.1 Å². The number of nitrogens with zero attached hydrogens (tertiary/aromatic N) is 1. The van der Waals surface area contributed by atoms with E-state index in [-0.39, 0.29) is 46.4 Å². The van der Waals surface area contributed by atoms with Gasteiger partial charge < -0.3 is 20.3 Å². The Morgan fingerprint density at radius 1 is 1.06 bits per heavy atom. The Morgan fingerprint density at radius 3 is 2.48 bits per heavy atom. The van der Waals surface area contributed by atoms with Crippen LogP contribution in [0.15, 0.2) is 48.1 Å². The highest BCUT2D eigenvalue weighted by atomic mass is 16.6. The summed E-state index contributed by atoms with van der Waals surface area (Å²) in [7, 11) is 0. The third kappa shape index (κ3) is 5.21. The second-order valence-electron chi connectivity index (χ2n) is 18.9. The molecule has 9 atom stereocenters. The zero-order valence-corrected chi connectivity index (χ0v) is 30.5. The predicted octanol–water partition coefficient (Wildman–Crippen LogP) is 5.79. The average molecular weight is 685 g/mol. The van der Waals surface area contributed by atoms with Crippen LogP contribution in [0.25, 0.3) is 0 Å². The Balaban J connectivity index is 0.939. The molecule has 270 valence electrons. The molecule has 1 aromatic carbocycles. The van der Waals surface area contributed by atoms with Crippen LogP contribution in [0.5, 0.6) is 0 Å². The molecule has 2 bridgehead atoms. The van der Waals surface area contributed by atoms with Crippen LogP contribution in [0.3, 0.4) is 0 Å². The van der Waals surface area contributed by atoms with Crippen LogP contribution in [0, 0.1) is 51.8 Å². The van der Waals surface area contributed by atoms with Crippen molar-refractivity contribution < 1.29 is 29.3 Å². The molecular weight excluding hydrogens is 628 g/mol. The number of nitrogens with one attached hydrogen (secondary N) is 1. The molecule has 8 nitrogen and oxygen atoms in total. The smallest absolute Gasteiger partial charge is 0.408 e. The van der Waals surface area contributed by atoms with E-state index < -0.39 is 29.1 Å². The summed E-state index contributed by atoms with van der Waals surface area (Å²) >= 11 is 0. The lowest BCUT2D eigenvalue weighted by molar-refractivity contribution is -0.159. The van der Waals surface area contributed by atoms with Gasteiger partial charge in [0.1, 0.15) is 12.2 Å². The van der Waals surface area contributed by atoms with Crippen molar-refractivity contribution in [1.82, 2.24) is 10.2 Å². The van der Waals surface area contributed by atoms with Crippen LogP contribution in [0.1, 0.15) is 90.7 Å². The lowest BCUT2D eigenvalue weighted by Crippen LogP contribution is -2.60. The molecular formula is C42H56N2O6. The van der Waals surface area contributed by atoms with Gasteiger partial charge in [-0.2, -0.15) is 0 Å². The molecule has 1 aliphatic heterocycles. The van der Waals surface area contributed by atoms with Gasteiger partial charge in [0.2, 0.25) is 0 Å². The fourth-order valence-corrected chi connectivity index (χ4v) is 13.1. The maximum atomic E-state index is 14.0. The van der Waals surface area contributed by atoms with Crippen LogP contribution >= 0.6 is 0 Å². The van der Waals surface area contributed by atoms with Crippen molar-refractivity contribution >= 4 is 17.7 Å². The Hall–Kier alpha value is -2.81. The first-order valence-corrected chi connectivity index (χ1v) is 19.2. The van der Waals surface area contributed by atoms with Gasteiger partial charge in [0.05, 0.1) is 11.5 Å². The van der Waals surface area contributed by atoms with Gasteiger partial charge in [-0.25, -0.2) is 4.79 Å². The molecule has 1 heterocycles. The molecule has 0 spiro atoms. The van der Waals surface area contributed by atoms with Crippen LogP contribution in [0.2, 0.25) is 0 Å². The van der Waals surface area contributed by atoms with E-state index in [4.69, 9.17) is 4.74 Å². The van der Waals surface area contributed by atoms with Crippen molar-refractivity contribution in [3.63, 3.8) is 0 Å². The van der Waals surface area contributed by atoms with Gasteiger partial charge in [0.25, 0.3) is 0 Å². The third-order valence-electron chi connectivity index (χ3n) is 15.1. The average Bonchev–Trinajstić information content (AvgIpc) is 3.72. The van der Waals surface area contributed by atoms with Crippen molar-refractivity contribution in [2.75, 3.05) is 19.7 Å². The van der Waals surface area contributed by atoms with E-state index >= 15 is 0 Å². The van der Waals surface area contributed by atoms with E-state index in [1.807, 2.05) is 26.8 Å². The minimum absolute atomic E-state index is 0.0291. The quantitative estimate of drug-likeness (QED) is 0.333. The molecule has 0 aromatic heterocycles. The summed E-state index contributed by atoms with van der Waals surface area (Å²) in [5, 5.41) is 25.6. The van der Waals surface area contributed by atoms with Crippen molar-refractivity contribution in [3.05, 3.63) is 59.2 Å². The number of aliphatic hydroxyl groups is 2. The van der Waals surface area contributed by atoms with Gasteiger partial charge in [-0.1, -0.05) is 49.8 Å². The first-order valence-electron chi connectivity index (χ1n) is 19.2. The van der Waals surface area contributed by atoms with Crippen molar-refractivity contribution in [2.45, 2.75) is 110 Å². The number of ether oxygens (including phenoxy) is 1. The molecule has 1 aromatic rings. The first-order chi connectivity index (χ1) is 23.6. The Labute approximate surface area is 297 Å². The lowest BCUT2D eigenvalue weighted by atomic mass is 9.44. The predicted molar refractivity (Wildman–Crippen MR) is 190 cm³/mol. The fourth-order valence-electron chi connectivity index (χ4n) is 13.1. The molecule has 7 fully saturated rings. The highest BCUT2D eigenvalue weighted by Gasteiger charge is 2.73. The highest BCUT2D eigenvalue weighted by molar-refractivity contribution is 6.01. The minimum Gasteiger partial charge on any atom is -0.444 e. The summed E-state index contributed by atoms with van der Waals surface area (Å²) in [6, 6.07) is 8.96. The number of carbonyl (C=O) groups is 3. The second kappa shape index (κ2) is 11.6. The molecule has 1 amide bonds. The summed E-state index contributed by atoms with van der Waals surface area (Å²) in [6.45, 7) is 11.9. The minimum atomic E-state index is -0.680. The number of Topliss-reactive ketones (excluding diaryl/α,β-unsaturated/α-hetero) is 1. The monoisotopic (exact) mass is 684 g/mol. The topological polar surface area (TPSA) is 116 Å². The zero-order valence-electron chi connectivity index (χ0n) is 30.5. The Morgan fingerprint density at radius 2 is 1.78 bits per heavy atom. The number of rotatable bonds is 7.